The van der Waals surface area contributed by atoms with E-state index in [1.54, 1.807) is 0 Å². The maximum Gasteiger partial charge on any atom is 0.328 e. The number of carbonyl (C=O) groups is 2. The van der Waals surface area contributed by atoms with Crippen LogP contribution in [0, 0.1) is 5.92 Å². The Morgan fingerprint density at radius 1 is 1.40 bits per heavy atom. The van der Waals surface area contributed by atoms with E-state index in [0.29, 0.717) is 19.0 Å². The molecule has 1 rings (SSSR count). The van der Waals surface area contributed by atoms with E-state index in [9.17, 15) is 9.59 Å². The van der Waals surface area contributed by atoms with Gasteiger partial charge in [-0.3, -0.25) is 9.69 Å². The van der Waals surface area contributed by atoms with Gasteiger partial charge in [0.05, 0.1) is 0 Å². The Balaban J connectivity index is 2.75. The minimum Gasteiger partial charge on any atom is -0.303 e. The molecule has 0 aliphatic carbocycles. The van der Waals surface area contributed by atoms with Crippen molar-refractivity contribution in [1.29, 1.82) is 0 Å². The predicted molar refractivity (Wildman–Crippen MR) is 61.7 cm³/mol. The van der Waals surface area contributed by atoms with Crippen molar-refractivity contribution in [2.75, 3.05) is 13.1 Å². The standard InChI is InChI=1S/C10H18N2O2S/c1-4-5-11-8(13)9(15)12(10(11)14)6-7(2)3/h7,9,15H,4-6H2,1-3H3. The normalized spacial score (nSPS) is 22.1. The monoisotopic (exact) mass is 230 g/mol. The maximum absolute atomic E-state index is 11.8. The third-order valence-corrected chi connectivity index (χ3v) is 2.77. The van der Waals surface area contributed by atoms with Crippen LogP contribution in [0.5, 0.6) is 0 Å². The zero-order chi connectivity index (χ0) is 11.6. The third-order valence-electron chi connectivity index (χ3n) is 2.27. The molecule has 1 saturated heterocycles. The van der Waals surface area contributed by atoms with E-state index in [2.05, 4.69) is 12.6 Å². The average Bonchev–Trinajstić information content (AvgIpc) is 2.35. The van der Waals surface area contributed by atoms with Crippen LogP contribution in [0.15, 0.2) is 0 Å². The summed E-state index contributed by atoms with van der Waals surface area (Å²) in [5, 5.41) is -0.591. The summed E-state index contributed by atoms with van der Waals surface area (Å²) in [6.45, 7) is 7.04. The maximum atomic E-state index is 11.8. The van der Waals surface area contributed by atoms with Gasteiger partial charge in [0, 0.05) is 13.1 Å². The summed E-state index contributed by atoms with van der Waals surface area (Å²) < 4.78 is 0. The highest BCUT2D eigenvalue weighted by atomic mass is 32.1. The van der Waals surface area contributed by atoms with Gasteiger partial charge in [-0.1, -0.05) is 20.8 Å². The molecule has 0 saturated carbocycles. The fraction of sp³-hybridized carbons (Fsp3) is 0.800. The molecule has 15 heavy (non-hydrogen) atoms. The van der Waals surface area contributed by atoms with Gasteiger partial charge in [0.25, 0.3) is 5.91 Å². The lowest BCUT2D eigenvalue weighted by molar-refractivity contribution is -0.126. The Morgan fingerprint density at radius 3 is 2.47 bits per heavy atom. The molecule has 0 aromatic rings. The van der Waals surface area contributed by atoms with Crippen LogP contribution in [-0.4, -0.2) is 40.2 Å². The van der Waals surface area contributed by atoms with E-state index >= 15 is 0 Å². The molecule has 0 aromatic carbocycles. The molecule has 1 aliphatic rings. The number of urea groups is 1. The first kappa shape index (κ1) is 12.4. The summed E-state index contributed by atoms with van der Waals surface area (Å²) in [6.07, 6.45) is 0.785. The number of hydrogen-bond donors (Lipinski definition) is 1. The van der Waals surface area contributed by atoms with Crippen LogP contribution in [0.1, 0.15) is 27.2 Å². The van der Waals surface area contributed by atoms with Gasteiger partial charge >= 0.3 is 6.03 Å². The molecule has 0 bridgehead atoms. The van der Waals surface area contributed by atoms with E-state index in [1.165, 1.54) is 9.80 Å². The van der Waals surface area contributed by atoms with Gasteiger partial charge in [-0.25, -0.2) is 4.79 Å². The summed E-state index contributed by atoms with van der Waals surface area (Å²) in [4.78, 5) is 26.3. The highest BCUT2D eigenvalue weighted by molar-refractivity contribution is 7.81. The van der Waals surface area contributed by atoms with Crippen molar-refractivity contribution >= 4 is 24.6 Å². The molecule has 0 aromatic heterocycles. The zero-order valence-electron chi connectivity index (χ0n) is 9.43. The molecule has 0 radical (unpaired) electrons. The van der Waals surface area contributed by atoms with Crippen molar-refractivity contribution in [2.24, 2.45) is 5.92 Å². The molecule has 1 atom stereocenters. The highest BCUT2D eigenvalue weighted by Crippen LogP contribution is 2.21. The number of rotatable bonds is 4. The molecule has 1 heterocycles. The van der Waals surface area contributed by atoms with Crippen LogP contribution < -0.4 is 0 Å². The van der Waals surface area contributed by atoms with E-state index in [0.717, 1.165) is 6.42 Å². The number of amides is 3. The fourth-order valence-corrected chi connectivity index (χ4v) is 1.96. The van der Waals surface area contributed by atoms with Crippen molar-refractivity contribution in [3.05, 3.63) is 0 Å². The molecule has 3 amide bonds. The largest absolute Gasteiger partial charge is 0.328 e. The minimum atomic E-state index is -0.591. The molecule has 4 nitrogen and oxygen atoms in total. The summed E-state index contributed by atoms with van der Waals surface area (Å²) in [6, 6.07) is -0.199. The first-order chi connectivity index (χ1) is 6.99. The molecule has 86 valence electrons. The second-order valence-corrected chi connectivity index (χ2v) is 4.68. The molecule has 1 aliphatic heterocycles. The summed E-state index contributed by atoms with van der Waals surface area (Å²) in [7, 11) is 0. The number of imide groups is 1. The SMILES string of the molecule is CCCN1C(=O)C(S)N(CC(C)C)C1=O. The Kier molecular flexibility index (Phi) is 4.02. The number of thiol groups is 1. The van der Waals surface area contributed by atoms with Crippen molar-refractivity contribution < 1.29 is 9.59 Å². The van der Waals surface area contributed by atoms with Crippen LogP contribution in [0.2, 0.25) is 0 Å². The lowest BCUT2D eigenvalue weighted by atomic mass is 10.2. The summed E-state index contributed by atoms with van der Waals surface area (Å²) in [5.74, 6) is 0.156. The number of nitrogens with zero attached hydrogens (tertiary/aromatic N) is 2. The van der Waals surface area contributed by atoms with Crippen LogP contribution in [0.25, 0.3) is 0 Å². The lowest BCUT2D eigenvalue weighted by Crippen LogP contribution is -2.36. The quantitative estimate of drug-likeness (QED) is 0.588. The zero-order valence-corrected chi connectivity index (χ0v) is 10.3. The van der Waals surface area contributed by atoms with Crippen LogP contribution in [-0.2, 0) is 4.79 Å². The molecule has 1 fully saturated rings. The fourth-order valence-electron chi connectivity index (χ4n) is 1.63. The second-order valence-electron chi connectivity index (χ2n) is 4.19. The van der Waals surface area contributed by atoms with Crippen molar-refractivity contribution in [3.63, 3.8) is 0 Å². The van der Waals surface area contributed by atoms with Crippen molar-refractivity contribution in [1.82, 2.24) is 9.80 Å². The second kappa shape index (κ2) is 4.88. The van der Waals surface area contributed by atoms with Crippen LogP contribution >= 0.6 is 12.6 Å². The van der Waals surface area contributed by atoms with E-state index in [-0.39, 0.29) is 11.9 Å². The molecule has 5 heteroatoms. The van der Waals surface area contributed by atoms with Gasteiger partial charge in [0.15, 0.2) is 5.37 Å². The summed E-state index contributed by atoms with van der Waals surface area (Å²) >= 11 is 4.18. The van der Waals surface area contributed by atoms with E-state index in [4.69, 9.17) is 0 Å². The van der Waals surface area contributed by atoms with Crippen molar-refractivity contribution in [2.45, 2.75) is 32.6 Å². The molecule has 0 N–H and O–H groups in total. The van der Waals surface area contributed by atoms with Gasteiger partial charge < -0.3 is 4.90 Å². The Morgan fingerprint density at radius 2 is 2.00 bits per heavy atom. The number of carbonyl (C=O) groups excluding carboxylic acids is 2. The van der Waals surface area contributed by atoms with Gasteiger partial charge in [-0.05, 0) is 12.3 Å². The molecule has 1 unspecified atom stereocenters. The van der Waals surface area contributed by atoms with Gasteiger partial charge in [-0.2, -0.15) is 0 Å². The van der Waals surface area contributed by atoms with E-state index in [1.807, 2.05) is 20.8 Å². The van der Waals surface area contributed by atoms with E-state index < -0.39 is 5.37 Å². The van der Waals surface area contributed by atoms with Gasteiger partial charge in [0.2, 0.25) is 0 Å². The smallest absolute Gasteiger partial charge is 0.303 e. The van der Waals surface area contributed by atoms with Crippen LogP contribution in [0.3, 0.4) is 0 Å². The first-order valence-electron chi connectivity index (χ1n) is 5.29. The minimum absolute atomic E-state index is 0.189. The topological polar surface area (TPSA) is 40.6 Å². The predicted octanol–water partition coefficient (Wildman–Crippen LogP) is 1.57. The number of hydrogen-bond acceptors (Lipinski definition) is 3. The molecular weight excluding hydrogens is 212 g/mol. The van der Waals surface area contributed by atoms with Crippen molar-refractivity contribution in [3.8, 4) is 0 Å². The Labute approximate surface area is 96.0 Å². The summed E-state index contributed by atoms with van der Waals surface area (Å²) in [5.41, 5.74) is 0. The average molecular weight is 230 g/mol. The Bertz CT molecular complexity index is 268. The Hall–Kier alpha value is -0.710. The van der Waals surface area contributed by atoms with Crippen LogP contribution in [0.4, 0.5) is 4.79 Å². The van der Waals surface area contributed by atoms with Gasteiger partial charge in [-0.15, -0.1) is 12.6 Å². The third kappa shape index (κ3) is 2.45. The molecular formula is C10H18N2O2S. The highest BCUT2D eigenvalue weighted by Gasteiger charge is 2.42. The first-order valence-corrected chi connectivity index (χ1v) is 5.80. The lowest BCUT2D eigenvalue weighted by Gasteiger charge is -2.20. The molecule has 0 spiro atoms. The van der Waals surface area contributed by atoms with Gasteiger partial charge in [0.1, 0.15) is 0 Å².